The van der Waals surface area contributed by atoms with Gasteiger partial charge in [0.25, 0.3) is 0 Å². The van der Waals surface area contributed by atoms with Gasteiger partial charge >= 0.3 is 5.97 Å². The van der Waals surface area contributed by atoms with E-state index in [1.54, 1.807) is 37.6 Å². The van der Waals surface area contributed by atoms with Gasteiger partial charge in [-0.1, -0.05) is 0 Å². The van der Waals surface area contributed by atoms with Crippen molar-refractivity contribution in [2.45, 2.75) is 6.92 Å². The molecule has 2 rings (SSSR count). The molecule has 0 bridgehead atoms. The Labute approximate surface area is 129 Å². The standard InChI is InChI=1S/C16H15NO3.ClH/c1-12(18)20-16-9-5-14(6-10-16)17-11-13-3-7-15(19-2)8-4-13;/h3-11H,1-2H3;1H. The maximum atomic E-state index is 10.8. The minimum Gasteiger partial charge on any atom is -0.497 e. The first-order valence-electron chi connectivity index (χ1n) is 6.14. The second-order valence-electron chi connectivity index (χ2n) is 4.12. The van der Waals surface area contributed by atoms with Gasteiger partial charge in [0.2, 0.25) is 0 Å². The van der Waals surface area contributed by atoms with Gasteiger partial charge in [-0.3, -0.25) is 9.79 Å². The van der Waals surface area contributed by atoms with Crippen LogP contribution in [0.3, 0.4) is 0 Å². The molecule has 0 unspecified atom stereocenters. The summed E-state index contributed by atoms with van der Waals surface area (Å²) in [7, 11) is 1.63. The van der Waals surface area contributed by atoms with Crippen LogP contribution in [0.1, 0.15) is 12.5 Å². The van der Waals surface area contributed by atoms with Crippen LogP contribution in [0.15, 0.2) is 53.5 Å². The molecule has 0 radical (unpaired) electrons. The number of carbonyl (C=O) groups is 1. The lowest BCUT2D eigenvalue weighted by Gasteiger charge is -2.01. The number of benzene rings is 2. The van der Waals surface area contributed by atoms with E-state index in [1.165, 1.54) is 6.92 Å². The topological polar surface area (TPSA) is 47.9 Å². The largest absolute Gasteiger partial charge is 0.497 e. The molecular weight excluding hydrogens is 290 g/mol. The van der Waals surface area contributed by atoms with Crippen molar-refractivity contribution in [2.24, 2.45) is 4.99 Å². The van der Waals surface area contributed by atoms with Crippen LogP contribution in [-0.2, 0) is 4.79 Å². The fourth-order valence-corrected chi connectivity index (χ4v) is 1.61. The van der Waals surface area contributed by atoms with E-state index in [9.17, 15) is 4.79 Å². The van der Waals surface area contributed by atoms with Crippen LogP contribution in [0.4, 0.5) is 5.69 Å². The number of hydrogen-bond acceptors (Lipinski definition) is 4. The average molecular weight is 306 g/mol. The number of nitrogens with zero attached hydrogens (tertiary/aromatic N) is 1. The third-order valence-corrected chi connectivity index (χ3v) is 2.58. The Morgan fingerprint density at radius 2 is 1.57 bits per heavy atom. The summed E-state index contributed by atoms with van der Waals surface area (Å²) in [6, 6.07) is 14.6. The van der Waals surface area contributed by atoms with E-state index in [2.05, 4.69) is 4.99 Å². The number of hydrogen-bond donors (Lipinski definition) is 0. The summed E-state index contributed by atoms with van der Waals surface area (Å²) in [5.74, 6) is 0.994. The molecule has 2 aromatic rings. The lowest BCUT2D eigenvalue weighted by atomic mass is 10.2. The number of ether oxygens (including phenoxy) is 2. The van der Waals surface area contributed by atoms with E-state index in [4.69, 9.17) is 9.47 Å². The third kappa shape index (κ3) is 5.28. The molecule has 0 aliphatic carbocycles. The normalized spacial score (nSPS) is 10.0. The lowest BCUT2D eigenvalue weighted by Crippen LogP contribution is -2.00. The molecule has 5 heteroatoms. The van der Waals surface area contributed by atoms with Crippen LogP contribution >= 0.6 is 12.4 Å². The number of esters is 1. The van der Waals surface area contributed by atoms with E-state index in [-0.39, 0.29) is 18.4 Å². The van der Waals surface area contributed by atoms with E-state index in [0.717, 1.165) is 17.0 Å². The van der Waals surface area contributed by atoms with Crippen molar-refractivity contribution < 1.29 is 14.3 Å². The van der Waals surface area contributed by atoms with Crippen molar-refractivity contribution in [3.8, 4) is 11.5 Å². The van der Waals surface area contributed by atoms with E-state index >= 15 is 0 Å². The van der Waals surface area contributed by atoms with Crippen molar-refractivity contribution >= 4 is 30.3 Å². The summed E-state index contributed by atoms with van der Waals surface area (Å²) in [6.45, 7) is 1.37. The second kappa shape index (κ2) is 8.07. The fraction of sp³-hybridized carbons (Fsp3) is 0.125. The molecule has 0 heterocycles. The lowest BCUT2D eigenvalue weighted by molar-refractivity contribution is -0.131. The quantitative estimate of drug-likeness (QED) is 0.490. The average Bonchev–Trinajstić information content (AvgIpc) is 2.46. The van der Waals surface area contributed by atoms with Crippen LogP contribution in [0.2, 0.25) is 0 Å². The highest BCUT2D eigenvalue weighted by Crippen LogP contribution is 2.18. The monoisotopic (exact) mass is 305 g/mol. The Balaban J connectivity index is 0.00000220. The minimum atomic E-state index is -0.334. The van der Waals surface area contributed by atoms with Gasteiger partial charge < -0.3 is 9.47 Å². The molecule has 0 N–H and O–H groups in total. The molecule has 0 amide bonds. The highest BCUT2D eigenvalue weighted by atomic mass is 35.5. The molecule has 0 aliphatic heterocycles. The first-order chi connectivity index (χ1) is 9.67. The van der Waals surface area contributed by atoms with Crippen LogP contribution in [0.5, 0.6) is 11.5 Å². The van der Waals surface area contributed by atoms with Crippen molar-refractivity contribution in [2.75, 3.05) is 7.11 Å². The fourth-order valence-electron chi connectivity index (χ4n) is 1.61. The molecule has 0 fully saturated rings. The molecule has 2 aromatic carbocycles. The molecule has 4 nitrogen and oxygen atoms in total. The molecule has 0 aromatic heterocycles. The predicted molar refractivity (Wildman–Crippen MR) is 85.2 cm³/mol. The van der Waals surface area contributed by atoms with Gasteiger partial charge in [0.05, 0.1) is 12.8 Å². The SMILES string of the molecule is COc1ccc(C=Nc2ccc(OC(C)=O)cc2)cc1.Cl. The molecule has 110 valence electrons. The summed E-state index contributed by atoms with van der Waals surface area (Å²) < 4.78 is 10.0. The van der Waals surface area contributed by atoms with E-state index < -0.39 is 0 Å². The molecule has 0 saturated carbocycles. The summed E-state index contributed by atoms with van der Waals surface area (Å²) in [5, 5.41) is 0. The zero-order chi connectivity index (χ0) is 14.4. The summed E-state index contributed by atoms with van der Waals surface area (Å²) >= 11 is 0. The van der Waals surface area contributed by atoms with Gasteiger partial charge in [0.15, 0.2) is 0 Å². The Morgan fingerprint density at radius 3 is 2.10 bits per heavy atom. The summed E-state index contributed by atoms with van der Waals surface area (Å²) in [4.78, 5) is 15.1. The molecule has 0 atom stereocenters. The number of carbonyl (C=O) groups excluding carboxylic acids is 1. The van der Waals surface area contributed by atoms with Crippen molar-refractivity contribution in [3.63, 3.8) is 0 Å². The van der Waals surface area contributed by atoms with Gasteiger partial charge in [-0.05, 0) is 54.1 Å². The molecule has 0 aliphatic rings. The van der Waals surface area contributed by atoms with Gasteiger partial charge in [-0.15, -0.1) is 12.4 Å². The minimum absolute atomic E-state index is 0. The van der Waals surface area contributed by atoms with E-state index in [0.29, 0.717) is 5.75 Å². The maximum Gasteiger partial charge on any atom is 0.308 e. The first-order valence-corrected chi connectivity index (χ1v) is 6.14. The Kier molecular flexibility index (Phi) is 6.43. The van der Waals surface area contributed by atoms with E-state index in [1.807, 2.05) is 24.3 Å². The molecule has 0 spiro atoms. The Bertz CT molecular complexity index is 606. The van der Waals surface area contributed by atoms with Crippen LogP contribution in [-0.4, -0.2) is 19.3 Å². The van der Waals surface area contributed by atoms with Crippen LogP contribution < -0.4 is 9.47 Å². The zero-order valence-corrected chi connectivity index (χ0v) is 12.6. The van der Waals surface area contributed by atoms with Crippen molar-refractivity contribution in [3.05, 3.63) is 54.1 Å². The van der Waals surface area contributed by atoms with Crippen molar-refractivity contribution in [1.82, 2.24) is 0 Å². The van der Waals surface area contributed by atoms with Gasteiger partial charge in [0, 0.05) is 13.1 Å². The smallest absolute Gasteiger partial charge is 0.308 e. The van der Waals surface area contributed by atoms with Crippen LogP contribution in [0.25, 0.3) is 0 Å². The Hall–Kier alpha value is -2.33. The highest BCUT2D eigenvalue weighted by Gasteiger charge is 1.97. The highest BCUT2D eigenvalue weighted by molar-refractivity contribution is 5.85. The van der Waals surface area contributed by atoms with Gasteiger partial charge in [-0.25, -0.2) is 0 Å². The number of aliphatic imine (C=N–C) groups is 1. The predicted octanol–water partition coefficient (Wildman–Crippen LogP) is 3.79. The summed E-state index contributed by atoms with van der Waals surface area (Å²) in [6.07, 6.45) is 1.76. The van der Waals surface area contributed by atoms with Crippen molar-refractivity contribution in [1.29, 1.82) is 0 Å². The first kappa shape index (κ1) is 16.7. The molecular formula is C16H16ClNO3. The second-order valence-corrected chi connectivity index (χ2v) is 4.12. The number of methoxy groups -OCH3 is 1. The van der Waals surface area contributed by atoms with Gasteiger partial charge in [0.1, 0.15) is 11.5 Å². The zero-order valence-electron chi connectivity index (χ0n) is 11.8. The maximum absolute atomic E-state index is 10.8. The number of rotatable bonds is 4. The third-order valence-electron chi connectivity index (χ3n) is 2.58. The number of halogens is 1. The molecule has 21 heavy (non-hydrogen) atoms. The molecule has 0 saturated heterocycles. The van der Waals surface area contributed by atoms with Gasteiger partial charge in [-0.2, -0.15) is 0 Å². The summed E-state index contributed by atoms with van der Waals surface area (Å²) in [5.41, 5.74) is 1.77. The van der Waals surface area contributed by atoms with Crippen LogP contribution in [0, 0.1) is 0 Å². The Morgan fingerprint density at radius 1 is 1.00 bits per heavy atom.